The lowest BCUT2D eigenvalue weighted by atomic mass is 10.0. The Kier molecular flexibility index (Phi) is 56.8. The number of unbranched alkanes of at least 4 members (excludes halogenated alkanes) is 25. The van der Waals surface area contributed by atoms with Crippen molar-refractivity contribution in [3.8, 4) is 0 Å². The van der Waals surface area contributed by atoms with Crippen LogP contribution in [0.15, 0.2) is 97.2 Å². The first-order chi connectivity index (χ1) is 38.2. The zero-order chi connectivity index (χ0) is 56.9. The van der Waals surface area contributed by atoms with Crippen molar-refractivity contribution in [1.29, 1.82) is 0 Å². The second-order valence-corrected chi connectivity index (χ2v) is 21.9. The molecule has 0 radical (unpaired) electrons. The minimum atomic E-state index is -4.78. The number of hydrogen-bond acceptors (Lipinski definition) is 10. The molecule has 0 aliphatic carbocycles. The van der Waals surface area contributed by atoms with Crippen molar-refractivity contribution in [3.63, 3.8) is 0 Å². The van der Waals surface area contributed by atoms with E-state index in [1.807, 2.05) is 18.2 Å². The summed E-state index contributed by atoms with van der Waals surface area (Å²) in [7, 11) is -4.78. The molecule has 2 N–H and O–H groups in total. The first-order valence-corrected chi connectivity index (χ1v) is 32.6. The van der Waals surface area contributed by atoms with Gasteiger partial charge in [-0.05, 0) is 77.0 Å². The van der Waals surface area contributed by atoms with Crippen LogP contribution in [0.3, 0.4) is 0 Å². The van der Waals surface area contributed by atoms with E-state index in [0.29, 0.717) is 19.3 Å². The summed E-state index contributed by atoms with van der Waals surface area (Å²) in [6, 6.07) is 0. The van der Waals surface area contributed by atoms with Gasteiger partial charge in [-0.25, -0.2) is 4.57 Å². The number of aliphatic hydroxyl groups excluding tert-OH is 1. The second kappa shape index (κ2) is 59.5. The third-order valence-electron chi connectivity index (χ3n) is 13.0. The molecule has 0 saturated carbocycles. The average Bonchev–Trinajstić information content (AvgIpc) is 3.43. The lowest BCUT2D eigenvalue weighted by molar-refractivity contribution is -0.161. The van der Waals surface area contributed by atoms with E-state index in [1.54, 1.807) is 6.08 Å². The summed E-state index contributed by atoms with van der Waals surface area (Å²) >= 11 is 0. The summed E-state index contributed by atoms with van der Waals surface area (Å²) in [6.07, 6.45) is 71.1. The van der Waals surface area contributed by atoms with E-state index < -0.39 is 57.8 Å². The van der Waals surface area contributed by atoms with Gasteiger partial charge < -0.3 is 24.2 Å². The summed E-state index contributed by atoms with van der Waals surface area (Å²) < 4.78 is 39.5. The lowest BCUT2D eigenvalue weighted by Crippen LogP contribution is -2.30. The van der Waals surface area contributed by atoms with E-state index in [1.165, 1.54) is 103 Å². The maximum atomic E-state index is 12.9. The monoisotopic (exact) mass is 1110 g/mol. The Morgan fingerprint density at radius 1 is 0.385 bits per heavy atom. The number of aliphatic hydroxyl groups is 1. The molecule has 3 unspecified atom stereocenters. The summed E-state index contributed by atoms with van der Waals surface area (Å²) in [5.41, 5.74) is 0. The molecule has 448 valence electrons. The fourth-order valence-electron chi connectivity index (χ4n) is 8.39. The number of phosphoric acid groups is 1. The zero-order valence-corrected chi connectivity index (χ0v) is 50.5. The average molecular weight is 1110 g/mol. The van der Waals surface area contributed by atoms with Gasteiger partial charge in [-0.15, -0.1) is 0 Å². The maximum Gasteiger partial charge on any atom is 0.472 e. The molecule has 0 bridgehead atoms. The van der Waals surface area contributed by atoms with Crippen LogP contribution in [0.25, 0.3) is 0 Å². The number of ether oxygens (including phenoxy) is 3. The quantitative estimate of drug-likeness (QED) is 0.0197. The summed E-state index contributed by atoms with van der Waals surface area (Å²) in [4.78, 5) is 48.6. The van der Waals surface area contributed by atoms with E-state index >= 15 is 0 Å². The predicted molar refractivity (Wildman–Crippen MR) is 325 cm³/mol. The molecule has 0 rings (SSSR count). The highest BCUT2D eigenvalue weighted by Gasteiger charge is 2.28. The van der Waals surface area contributed by atoms with Gasteiger partial charge in [0, 0.05) is 12.8 Å². The van der Waals surface area contributed by atoms with Gasteiger partial charge in [-0.3, -0.25) is 23.4 Å². The van der Waals surface area contributed by atoms with Crippen LogP contribution in [0.1, 0.15) is 265 Å². The number of esters is 3. The molecule has 12 heteroatoms. The van der Waals surface area contributed by atoms with Crippen LogP contribution < -0.4 is 0 Å². The molecule has 0 aromatic heterocycles. The fourth-order valence-corrected chi connectivity index (χ4v) is 9.17. The fraction of sp³-hybridized carbons (Fsp3) is 0.712. The second-order valence-electron chi connectivity index (χ2n) is 20.5. The molecule has 0 saturated heterocycles. The number of hydrogen-bond donors (Lipinski definition) is 2. The molecule has 0 heterocycles. The van der Waals surface area contributed by atoms with E-state index in [-0.39, 0.29) is 25.9 Å². The highest BCUT2D eigenvalue weighted by molar-refractivity contribution is 7.47. The van der Waals surface area contributed by atoms with Gasteiger partial charge in [-0.2, -0.15) is 0 Å². The molecule has 0 aliphatic rings. The van der Waals surface area contributed by atoms with E-state index in [9.17, 15) is 28.9 Å². The van der Waals surface area contributed by atoms with Crippen LogP contribution in [0, 0.1) is 0 Å². The van der Waals surface area contributed by atoms with Gasteiger partial charge in [0.15, 0.2) is 6.10 Å². The van der Waals surface area contributed by atoms with Gasteiger partial charge in [0.05, 0.1) is 26.2 Å². The van der Waals surface area contributed by atoms with Gasteiger partial charge in [0.1, 0.15) is 12.7 Å². The summed E-state index contributed by atoms with van der Waals surface area (Å²) in [5.74, 6) is -1.61. The summed E-state index contributed by atoms with van der Waals surface area (Å²) in [5, 5.41) is 9.81. The number of rotatable bonds is 57. The molecule has 0 fully saturated rings. The van der Waals surface area contributed by atoms with Crippen molar-refractivity contribution in [2.75, 3.05) is 26.4 Å². The highest BCUT2D eigenvalue weighted by atomic mass is 31.2. The van der Waals surface area contributed by atoms with Crippen LogP contribution in [-0.4, -0.2) is 66.5 Å². The number of phosphoric ester groups is 1. The Morgan fingerprint density at radius 3 is 1.13 bits per heavy atom. The van der Waals surface area contributed by atoms with Gasteiger partial charge >= 0.3 is 25.7 Å². The number of carbonyl (C=O) groups excluding carboxylic acids is 3. The van der Waals surface area contributed by atoms with Gasteiger partial charge in [-0.1, -0.05) is 266 Å². The molecule has 0 aromatic carbocycles. The maximum absolute atomic E-state index is 12.9. The van der Waals surface area contributed by atoms with Crippen molar-refractivity contribution in [2.45, 2.75) is 277 Å². The molecule has 78 heavy (non-hydrogen) atoms. The highest BCUT2D eigenvalue weighted by Crippen LogP contribution is 2.43. The Morgan fingerprint density at radius 2 is 0.718 bits per heavy atom. The molecular formula is C66H113O11P. The Hall–Kier alpha value is -3.60. The van der Waals surface area contributed by atoms with E-state index in [4.69, 9.17) is 23.3 Å². The third-order valence-corrected chi connectivity index (χ3v) is 14.0. The Balaban J connectivity index is 4.78. The van der Waals surface area contributed by atoms with Crippen molar-refractivity contribution in [1.82, 2.24) is 0 Å². The SMILES string of the molecule is CC/C=C\C/C=C\C/C=C\C/C=C\C/C=C\CC(=O)OC(CO)COP(=O)(O)OCC(COC(=O)CCCCCCCCCCCCCCCCCCCCC)OC(=O)CCCCCCCCC/C=C\C/C=C\C/C=C\CC. The van der Waals surface area contributed by atoms with Crippen molar-refractivity contribution >= 4 is 25.7 Å². The molecule has 0 amide bonds. The van der Waals surface area contributed by atoms with Crippen molar-refractivity contribution in [3.05, 3.63) is 97.2 Å². The molecule has 11 nitrogen and oxygen atoms in total. The van der Waals surface area contributed by atoms with Crippen molar-refractivity contribution < 1.29 is 52.2 Å². The van der Waals surface area contributed by atoms with Gasteiger partial charge in [0.25, 0.3) is 0 Å². The number of allylic oxidation sites excluding steroid dienone is 15. The van der Waals surface area contributed by atoms with Crippen LogP contribution in [0.2, 0.25) is 0 Å². The first kappa shape index (κ1) is 74.4. The van der Waals surface area contributed by atoms with E-state index in [2.05, 4.69) is 93.7 Å². The van der Waals surface area contributed by atoms with Crippen LogP contribution in [0.4, 0.5) is 0 Å². The molecule has 3 atom stereocenters. The van der Waals surface area contributed by atoms with E-state index in [0.717, 1.165) is 103 Å². The van der Waals surface area contributed by atoms with Crippen LogP contribution >= 0.6 is 7.82 Å². The van der Waals surface area contributed by atoms with Gasteiger partial charge in [0.2, 0.25) is 0 Å². The Labute approximate surface area is 476 Å². The third kappa shape index (κ3) is 57.1. The first-order valence-electron chi connectivity index (χ1n) is 31.1. The van der Waals surface area contributed by atoms with Crippen LogP contribution in [-0.2, 0) is 42.2 Å². The predicted octanol–water partition coefficient (Wildman–Crippen LogP) is 18.8. The van der Waals surface area contributed by atoms with Crippen LogP contribution in [0.5, 0.6) is 0 Å². The molecule has 0 aliphatic heterocycles. The summed E-state index contributed by atoms with van der Waals surface area (Å²) in [6.45, 7) is 4.33. The zero-order valence-electron chi connectivity index (χ0n) is 49.6. The van der Waals surface area contributed by atoms with Crippen molar-refractivity contribution in [2.24, 2.45) is 0 Å². The molecule has 0 spiro atoms. The normalized spacial score (nSPS) is 14.0. The minimum Gasteiger partial charge on any atom is -0.462 e. The smallest absolute Gasteiger partial charge is 0.462 e. The molecular weight excluding hydrogens is 1000 g/mol. The topological polar surface area (TPSA) is 155 Å². The minimum absolute atomic E-state index is 0.0582. The Bertz CT molecular complexity index is 1680. The number of carbonyl (C=O) groups is 3. The molecule has 0 aromatic rings. The standard InChI is InChI=1S/C66H113O11P/c1-4-7-10-13-16-19-22-25-28-30-31-33-35-37-40-43-46-49-52-55-64(68)73-59-63(77-66(70)57-54-51-48-45-42-39-36-32-29-26-23-20-17-14-11-8-5-2)61-75-78(71,72)74-60-62(58-67)76-65(69)56-53-50-47-44-41-38-34-27-24-21-18-15-12-9-6-3/h8-9,11-12,17-18,20-21,26-27,29,34,41,44,50,53,62-63,67H,4-7,10,13-16,19,22-25,28,30-33,35-40,42-43,45-49,51-52,54-61H2,1-3H3,(H,71,72)/b11-8-,12-9-,20-17-,21-18-,29-26-,34-27-,44-41-,53-50-. The lowest BCUT2D eigenvalue weighted by Gasteiger charge is -2.21. The largest absolute Gasteiger partial charge is 0.472 e.